The molecule has 0 aromatic carbocycles. The number of carbonyl (C=O) groups excluding carboxylic acids is 3. The summed E-state index contributed by atoms with van der Waals surface area (Å²) in [6, 6.07) is -0.582. The summed E-state index contributed by atoms with van der Waals surface area (Å²) in [5.41, 5.74) is -1.13. The lowest BCUT2D eigenvalue weighted by Gasteiger charge is -2.41. The van der Waals surface area contributed by atoms with Crippen LogP contribution < -0.4 is 0 Å². The number of hydrogen-bond acceptors (Lipinski definition) is 3. The Balaban J connectivity index is 2.81. The van der Waals surface area contributed by atoms with Crippen LogP contribution in [-0.2, 0) is 9.59 Å². The number of nitrogens with zero attached hydrogens (tertiary/aromatic N) is 2. The first-order valence-corrected chi connectivity index (χ1v) is 7.08. The zero-order valence-electron chi connectivity index (χ0n) is 12.4. The van der Waals surface area contributed by atoms with Gasteiger partial charge in [-0.25, -0.2) is 4.79 Å². The summed E-state index contributed by atoms with van der Waals surface area (Å²) in [6.45, 7) is 1.45. The molecule has 1 rings (SSSR count). The molecular formula is C14H23FN2O3. The summed E-state index contributed by atoms with van der Waals surface area (Å²) in [5.74, 6) is -0.836. The van der Waals surface area contributed by atoms with Gasteiger partial charge in [-0.1, -0.05) is 26.2 Å². The number of urea groups is 1. The molecule has 0 bridgehead atoms. The van der Waals surface area contributed by atoms with Crippen molar-refractivity contribution in [3.05, 3.63) is 0 Å². The summed E-state index contributed by atoms with van der Waals surface area (Å²) in [5, 5.41) is 0. The van der Waals surface area contributed by atoms with Crippen molar-refractivity contribution in [1.82, 2.24) is 9.80 Å². The van der Waals surface area contributed by atoms with Crippen molar-refractivity contribution in [2.75, 3.05) is 20.8 Å². The van der Waals surface area contributed by atoms with Crippen LogP contribution in [0.3, 0.4) is 0 Å². The van der Waals surface area contributed by atoms with Gasteiger partial charge < -0.3 is 0 Å². The van der Waals surface area contributed by atoms with Crippen LogP contribution in [0.15, 0.2) is 0 Å². The molecule has 0 unspecified atom stereocenters. The third-order valence-corrected chi connectivity index (χ3v) is 4.09. The van der Waals surface area contributed by atoms with E-state index in [4.69, 9.17) is 0 Å². The minimum absolute atomic E-state index is 0.337. The third kappa shape index (κ3) is 2.83. The van der Waals surface area contributed by atoms with Crippen molar-refractivity contribution in [3.8, 4) is 0 Å². The minimum Gasteiger partial charge on any atom is -0.273 e. The van der Waals surface area contributed by atoms with Gasteiger partial charge in [-0.3, -0.25) is 23.8 Å². The highest BCUT2D eigenvalue weighted by molar-refractivity contribution is 6.18. The van der Waals surface area contributed by atoms with Gasteiger partial charge in [0.2, 0.25) is 11.8 Å². The van der Waals surface area contributed by atoms with E-state index in [-0.39, 0.29) is 6.67 Å². The lowest BCUT2D eigenvalue weighted by molar-refractivity contribution is -0.158. The molecule has 1 aliphatic heterocycles. The van der Waals surface area contributed by atoms with Crippen LogP contribution in [0.2, 0.25) is 0 Å². The van der Waals surface area contributed by atoms with Gasteiger partial charge in [-0.2, -0.15) is 0 Å². The quantitative estimate of drug-likeness (QED) is 0.533. The Morgan fingerprint density at radius 2 is 1.45 bits per heavy atom. The number of alkyl halides is 1. The average molecular weight is 286 g/mol. The first-order valence-electron chi connectivity index (χ1n) is 7.08. The summed E-state index contributed by atoms with van der Waals surface area (Å²) in [6.07, 6.45) is 3.52. The fourth-order valence-electron chi connectivity index (χ4n) is 2.70. The van der Waals surface area contributed by atoms with Gasteiger partial charge in [0.1, 0.15) is 5.41 Å². The van der Waals surface area contributed by atoms with Gasteiger partial charge in [0.25, 0.3) is 0 Å². The number of amides is 4. The molecule has 0 N–H and O–H groups in total. The molecule has 1 fully saturated rings. The number of halogens is 1. The van der Waals surface area contributed by atoms with Gasteiger partial charge >= 0.3 is 6.03 Å². The molecule has 1 saturated heterocycles. The first-order chi connectivity index (χ1) is 9.42. The second-order valence-corrected chi connectivity index (χ2v) is 5.30. The van der Waals surface area contributed by atoms with Crippen LogP contribution in [0.25, 0.3) is 0 Å². The maximum Gasteiger partial charge on any atom is 0.332 e. The molecule has 0 aliphatic carbocycles. The van der Waals surface area contributed by atoms with Crippen LogP contribution in [0, 0.1) is 5.41 Å². The molecule has 1 heterocycles. The number of barbiturate groups is 1. The monoisotopic (exact) mass is 286 g/mol. The number of unbranched alkanes of at least 4 members (excludes halogenated alkanes) is 3. The van der Waals surface area contributed by atoms with Crippen molar-refractivity contribution in [2.24, 2.45) is 5.41 Å². The maximum absolute atomic E-state index is 12.4. The highest BCUT2D eigenvalue weighted by atomic mass is 19.1. The summed E-state index contributed by atoms with van der Waals surface area (Å²) in [4.78, 5) is 38.5. The van der Waals surface area contributed by atoms with E-state index in [0.717, 1.165) is 22.6 Å². The van der Waals surface area contributed by atoms with Crippen molar-refractivity contribution in [3.63, 3.8) is 0 Å². The number of hydrogen-bond donors (Lipinski definition) is 0. The topological polar surface area (TPSA) is 57.7 Å². The van der Waals surface area contributed by atoms with E-state index < -0.39 is 23.3 Å². The summed E-state index contributed by atoms with van der Waals surface area (Å²) >= 11 is 0. The summed E-state index contributed by atoms with van der Waals surface area (Å²) in [7, 11) is 2.81. The SMILES string of the molecule is CCC1(CCCCCCF)C(=O)N(C)C(=O)N(C)C1=O. The fourth-order valence-corrected chi connectivity index (χ4v) is 2.70. The molecule has 0 radical (unpaired) electrons. The van der Waals surface area contributed by atoms with E-state index >= 15 is 0 Å². The van der Waals surface area contributed by atoms with Crippen molar-refractivity contribution >= 4 is 17.8 Å². The van der Waals surface area contributed by atoms with E-state index in [1.165, 1.54) is 14.1 Å². The Kier molecular flexibility index (Phi) is 5.65. The molecular weight excluding hydrogens is 263 g/mol. The lowest BCUT2D eigenvalue weighted by atomic mass is 9.76. The van der Waals surface area contributed by atoms with E-state index in [2.05, 4.69) is 0 Å². The van der Waals surface area contributed by atoms with Crippen molar-refractivity contribution in [2.45, 2.75) is 45.4 Å². The second kappa shape index (κ2) is 6.81. The molecule has 0 aromatic heterocycles. The molecule has 0 spiro atoms. The fraction of sp³-hybridized carbons (Fsp3) is 0.786. The van der Waals surface area contributed by atoms with Crippen LogP contribution in [0.5, 0.6) is 0 Å². The lowest BCUT2D eigenvalue weighted by Crippen LogP contribution is -2.62. The Bertz CT molecular complexity index is 374. The van der Waals surface area contributed by atoms with Crippen LogP contribution >= 0.6 is 0 Å². The standard InChI is InChI=1S/C14H23FN2O3/c1-4-14(9-7-5-6-8-10-15)11(18)16(2)13(20)17(3)12(14)19/h4-10H2,1-3H3. The highest BCUT2D eigenvalue weighted by Crippen LogP contribution is 2.36. The van der Waals surface area contributed by atoms with Crippen LogP contribution in [0.1, 0.15) is 45.4 Å². The van der Waals surface area contributed by atoms with Crippen molar-refractivity contribution < 1.29 is 18.8 Å². The van der Waals surface area contributed by atoms with E-state index in [1.807, 2.05) is 0 Å². The Hall–Kier alpha value is -1.46. The largest absolute Gasteiger partial charge is 0.332 e. The second-order valence-electron chi connectivity index (χ2n) is 5.30. The highest BCUT2D eigenvalue weighted by Gasteiger charge is 2.53. The van der Waals surface area contributed by atoms with E-state index in [0.29, 0.717) is 25.7 Å². The van der Waals surface area contributed by atoms with Crippen LogP contribution in [-0.4, -0.2) is 48.4 Å². The Morgan fingerprint density at radius 1 is 0.950 bits per heavy atom. The van der Waals surface area contributed by atoms with Gasteiger partial charge in [0, 0.05) is 14.1 Å². The minimum atomic E-state index is -1.13. The van der Waals surface area contributed by atoms with Gasteiger partial charge in [0.15, 0.2) is 0 Å². The number of rotatable bonds is 7. The molecule has 6 heteroatoms. The molecule has 20 heavy (non-hydrogen) atoms. The number of carbonyl (C=O) groups is 3. The zero-order chi connectivity index (χ0) is 15.3. The van der Waals surface area contributed by atoms with Crippen molar-refractivity contribution in [1.29, 1.82) is 0 Å². The molecule has 4 amide bonds. The predicted molar refractivity (Wildman–Crippen MR) is 72.7 cm³/mol. The van der Waals surface area contributed by atoms with E-state index in [1.54, 1.807) is 6.92 Å². The van der Waals surface area contributed by atoms with Crippen LogP contribution in [0.4, 0.5) is 9.18 Å². The predicted octanol–water partition coefficient (Wildman–Crippen LogP) is 2.35. The Labute approximate surface area is 119 Å². The average Bonchev–Trinajstić information content (AvgIpc) is 2.46. The van der Waals surface area contributed by atoms with Gasteiger partial charge in [0.05, 0.1) is 6.67 Å². The third-order valence-electron chi connectivity index (χ3n) is 4.09. The first kappa shape index (κ1) is 16.6. The van der Waals surface area contributed by atoms with E-state index in [9.17, 15) is 18.8 Å². The zero-order valence-corrected chi connectivity index (χ0v) is 12.4. The maximum atomic E-state index is 12.4. The summed E-state index contributed by atoms with van der Waals surface area (Å²) < 4.78 is 12.0. The molecule has 0 aromatic rings. The smallest absolute Gasteiger partial charge is 0.273 e. The molecule has 0 atom stereocenters. The molecule has 5 nitrogen and oxygen atoms in total. The van der Waals surface area contributed by atoms with Gasteiger partial charge in [-0.15, -0.1) is 0 Å². The van der Waals surface area contributed by atoms with Gasteiger partial charge in [-0.05, 0) is 19.3 Å². The normalized spacial score (nSPS) is 18.9. The number of imide groups is 2. The Morgan fingerprint density at radius 3 is 1.90 bits per heavy atom. The molecule has 1 aliphatic rings. The molecule has 0 saturated carbocycles. The molecule has 114 valence electrons.